The lowest BCUT2D eigenvalue weighted by Gasteiger charge is -2.19. The molecule has 1 unspecified atom stereocenters. The largest absolute Gasteiger partial charge is 0.497 e. The van der Waals surface area contributed by atoms with Crippen LogP contribution in [0.1, 0.15) is 11.5 Å². The van der Waals surface area contributed by atoms with Gasteiger partial charge in [0.2, 0.25) is 0 Å². The molecule has 0 saturated heterocycles. The van der Waals surface area contributed by atoms with E-state index in [-0.39, 0.29) is 28.8 Å². The van der Waals surface area contributed by atoms with Crippen LogP contribution in [0.3, 0.4) is 0 Å². The SMILES string of the molecule is COc1ccc(S(=O)(=O)N2CC(C(=O)O)c3cnc(OC)nc32)cc1. The summed E-state index contributed by atoms with van der Waals surface area (Å²) in [4.78, 5) is 19.4. The second kappa shape index (κ2) is 6.20. The number of aliphatic carboxylic acids is 1. The number of aromatic nitrogens is 2. The molecule has 0 aliphatic carbocycles. The fourth-order valence-corrected chi connectivity index (χ4v) is 4.01. The summed E-state index contributed by atoms with van der Waals surface area (Å²) in [6, 6.07) is 5.76. The van der Waals surface area contributed by atoms with Crippen LogP contribution in [-0.4, -0.2) is 50.2 Å². The van der Waals surface area contributed by atoms with Crippen molar-refractivity contribution in [3.63, 3.8) is 0 Å². The van der Waals surface area contributed by atoms with Gasteiger partial charge in [0.15, 0.2) is 5.82 Å². The first kappa shape index (κ1) is 17.0. The first-order valence-corrected chi connectivity index (χ1v) is 8.63. The molecule has 1 aromatic carbocycles. The van der Waals surface area contributed by atoms with E-state index in [0.29, 0.717) is 5.75 Å². The monoisotopic (exact) mass is 365 g/mol. The van der Waals surface area contributed by atoms with Gasteiger partial charge >= 0.3 is 12.0 Å². The zero-order valence-electron chi connectivity index (χ0n) is 13.4. The van der Waals surface area contributed by atoms with Crippen molar-refractivity contribution >= 4 is 21.8 Å². The van der Waals surface area contributed by atoms with Gasteiger partial charge in [-0.1, -0.05) is 0 Å². The van der Waals surface area contributed by atoms with Crippen molar-refractivity contribution in [2.45, 2.75) is 10.8 Å². The molecule has 1 aliphatic heterocycles. The number of ether oxygens (including phenoxy) is 2. The molecule has 132 valence electrons. The normalized spacial score (nSPS) is 16.4. The van der Waals surface area contributed by atoms with Gasteiger partial charge in [0, 0.05) is 11.8 Å². The van der Waals surface area contributed by atoms with Crippen molar-refractivity contribution in [2.75, 3.05) is 25.1 Å². The minimum absolute atomic E-state index is 0.00266. The van der Waals surface area contributed by atoms with Crippen LogP contribution in [0.2, 0.25) is 0 Å². The van der Waals surface area contributed by atoms with Crippen LogP contribution in [0.15, 0.2) is 35.4 Å². The summed E-state index contributed by atoms with van der Waals surface area (Å²) in [5.41, 5.74) is 0.227. The number of nitrogens with zero attached hydrogens (tertiary/aromatic N) is 3. The number of sulfonamides is 1. The lowest BCUT2D eigenvalue weighted by molar-refractivity contribution is -0.138. The average molecular weight is 365 g/mol. The summed E-state index contributed by atoms with van der Waals surface area (Å²) in [5, 5.41) is 9.38. The van der Waals surface area contributed by atoms with Gasteiger partial charge in [0.05, 0.1) is 25.7 Å². The van der Waals surface area contributed by atoms with E-state index in [9.17, 15) is 18.3 Å². The lowest BCUT2D eigenvalue weighted by atomic mass is 10.1. The maximum absolute atomic E-state index is 13.0. The highest BCUT2D eigenvalue weighted by Crippen LogP contribution is 2.38. The molecule has 0 fully saturated rings. The number of benzene rings is 1. The number of methoxy groups -OCH3 is 2. The van der Waals surface area contributed by atoms with Gasteiger partial charge in [0.25, 0.3) is 10.0 Å². The van der Waals surface area contributed by atoms with E-state index >= 15 is 0 Å². The summed E-state index contributed by atoms with van der Waals surface area (Å²) < 4.78 is 36.8. The predicted molar refractivity (Wildman–Crippen MR) is 86.5 cm³/mol. The summed E-state index contributed by atoms with van der Waals surface area (Å²) in [6.07, 6.45) is 1.28. The zero-order valence-corrected chi connectivity index (χ0v) is 14.2. The van der Waals surface area contributed by atoms with Gasteiger partial charge in [-0.3, -0.25) is 4.79 Å². The van der Waals surface area contributed by atoms with Gasteiger partial charge < -0.3 is 14.6 Å². The molecule has 25 heavy (non-hydrogen) atoms. The highest BCUT2D eigenvalue weighted by atomic mass is 32.2. The molecule has 9 nitrogen and oxygen atoms in total. The molecule has 2 heterocycles. The van der Waals surface area contributed by atoms with Gasteiger partial charge in [-0.25, -0.2) is 17.7 Å². The van der Waals surface area contributed by atoms with Crippen LogP contribution in [0.5, 0.6) is 11.8 Å². The highest BCUT2D eigenvalue weighted by Gasteiger charge is 2.42. The van der Waals surface area contributed by atoms with Crippen molar-refractivity contribution in [3.05, 3.63) is 36.0 Å². The van der Waals surface area contributed by atoms with E-state index in [1.165, 1.54) is 44.7 Å². The molecule has 0 radical (unpaired) electrons. The Morgan fingerprint density at radius 2 is 1.92 bits per heavy atom. The molecule has 1 aliphatic rings. The van der Waals surface area contributed by atoms with E-state index in [2.05, 4.69) is 9.97 Å². The lowest BCUT2D eigenvalue weighted by Crippen LogP contribution is -2.31. The number of hydrogen-bond donors (Lipinski definition) is 1. The molecule has 10 heteroatoms. The Balaban J connectivity index is 2.09. The third-order valence-electron chi connectivity index (χ3n) is 3.86. The molecule has 2 aromatic rings. The molecule has 0 saturated carbocycles. The Kier molecular flexibility index (Phi) is 4.21. The molecule has 1 N–H and O–H groups in total. The summed E-state index contributed by atoms with van der Waals surface area (Å²) in [6.45, 7) is -0.263. The number of carboxylic acids is 1. The summed E-state index contributed by atoms with van der Waals surface area (Å²) in [7, 11) is -1.19. The van der Waals surface area contributed by atoms with Crippen molar-refractivity contribution in [3.8, 4) is 11.8 Å². The molecule has 3 rings (SSSR count). The second-order valence-corrected chi connectivity index (χ2v) is 7.10. The van der Waals surface area contributed by atoms with Gasteiger partial charge in [0.1, 0.15) is 11.7 Å². The van der Waals surface area contributed by atoms with Gasteiger partial charge in [-0.2, -0.15) is 4.98 Å². The summed E-state index contributed by atoms with van der Waals surface area (Å²) >= 11 is 0. The van der Waals surface area contributed by atoms with E-state index in [0.717, 1.165) is 4.31 Å². The van der Waals surface area contributed by atoms with Crippen molar-refractivity contribution < 1.29 is 27.8 Å². The van der Waals surface area contributed by atoms with Crippen LogP contribution in [0.25, 0.3) is 0 Å². The van der Waals surface area contributed by atoms with Crippen LogP contribution in [0.4, 0.5) is 5.82 Å². The number of carboxylic acid groups (broad SMARTS) is 1. The number of hydrogen-bond acceptors (Lipinski definition) is 7. The Morgan fingerprint density at radius 1 is 1.24 bits per heavy atom. The molecule has 1 aromatic heterocycles. The number of rotatable bonds is 5. The fraction of sp³-hybridized carbons (Fsp3) is 0.267. The molecule has 1 atom stereocenters. The summed E-state index contributed by atoms with van der Waals surface area (Å²) in [5.74, 6) is -1.68. The van der Waals surface area contributed by atoms with Crippen LogP contribution in [-0.2, 0) is 14.8 Å². The first-order valence-electron chi connectivity index (χ1n) is 7.19. The Bertz CT molecular complexity index is 913. The number of anilines is 1. The topological polar surface area (TPSA) is 119 Å². The second-order valence-electron chi connectivity index (χ2n) is 5.24. The maximum atomic E-state index is 13.0. The van der Waals surface area contributed by atoms with Crippen molar-refractivity contribution in [1.29, 1.82) is 0 Å². The Labute approximate surface area is 143 Å². The van der Waals surface area contributed by atoms with Gasteiger partial charge in [-0.05, 0) is 24.3 Å². The zero-order chi connectivity index (χ0) is 18.2. The van der Waals surface area contributed by atoms with E-state index in [4.69, 9.17) is 9.47 Å². The van der Waals surface area contributed by atoms with Gasteiger partial charge in [-0.15, -0.1) is 0 Å². The Hall–Kier alpha value is -2.88. The highest BCUT2D eigenvalue weighted by molar-refractivity contribution is 7.92. The van der Waals surface area contributed by atoms with Crippen LogP contribution < -0.4 is 13.8 Å². The van der Waals surface area contributed by atoms with Crippen molar-refractivity contribution in [2.24, 2.45) is 0 Å². The molecular formula is C15H15N3O6S. The van der Waals surface area contributed by atoms with E-state index < -0.39 is 21.9 Å². The standard InChI is InChI=1S/C15H15N3O6S/c1-23-9-3-5-10(6-4-9)25(21,22)18-8-12(14(19)20)11-7-16-15(24-2)17-13(11)18/h3-7,12H,8H2,1-2H3,(H,19,20). The molecular weight excluding hydrogens is 350 g/mol. The number of carbonyl (C=O) groups is 1. The Morgan fingerprint density at radius 3 is 2.48 bits per heavy atom. The average Bonchev–Trinajstić information content (AvgIpc) is 3.01. The van der Waals surface area contributed by atoms with E-state index in [1.54, 1.807) is 0 Å². The molecule has 0 spiro atoms. The fourth-order valence-electron chi connectivity index (χ4n) is 2.56. The molecule has 0 bridgehead atoms. The van der Waals surface area contributed by atoms with Crippen LogP contribution >= 0.6 is 0 Å². The first-order chi connectivity index (χ1) is 11.9. The van der Waals surface area contributed by atoms with Crippen molar-refractivity contribution in [1.82, 2.24) is 9.97 Å². The number of fused-ring (bicyclic) bond motifs is 1. The molecule has 0 amide bonds. The maximum Gasteiger partial charge on any atom is 0.318 e. The minimum atomic E-state index is -4.00. The smallest absolute Gasteiger partial charge is 0.318 e. The third-order valence-corrected chi connectivity index (χ3v) is 5.63. The van der Waals surface area contributed by atoms with Crippen LogP contribution in [0, 0.1) is 0 Å². The predicted octanol–water partition coefficient (Wildman–Crippen LogP) is 0.871. The van der Waals surface area contributed by atoms with E-state index in [1.807, 2.05) is 0 Å². The third kappa shape index (κ3) is 2.84. The quantitative estimate of drug-likeness (QED) is 0.829. The minimum Gasteiger partial charge on any atom is -0.497 e.